The van der Waals surface area contributed by atoms with E-state index < -0.39 is 11.8 Å². The van der Waals surface area contributed by atoms with Gasteiger partial charge in [0.1, 0.15) is 0 Å². The molecule has 5 nitrogen and oxygen atoms in total. The maximum Gasteiger partial charge on any atom is 0.283 e. The maximum absolute atomic E-state index is 11.3. The van der Waals surface area contributed by atoms with E-state index in [1.807, 2.05) is 0 Å². The van der Waals surface area contributed by atoms with Crippen LogP contribution in [0.1, 0.15) is 20.7 Å². The number of carbonyl (C=O) groups is 2. The summed E-state index contributed by atoms with van der Waals surface area (Å²) >= 11 is 0. The Balaban J connectivity index is 2.63. The topological polar surface area (TPSA) is 72.0 Å². The zero-order valence-corrected chi connectivity index (χ0v) is 6.47. The number of rotatable bonds is 1. The molecule has 2 rings (SSSR count). The number of nitrogens with zero attached hydrogens (tertiary/aromatic N) is 3. The smallest absolute Gasteiger partial charge is 0.267 e. The van der Waals surface area contributed by atoms with Gasteiger partial charge in [-0.3, -0.25) is 9.59 Å². The molecule has 1 radical (unpaired) electrons. The lowest BCUT2D eigenvalue weighted by Gasteiger charge is -1.99. The fourth-order valence-corrected chi connectivity index (χ4v) is 1.26. The summed E-state index contributed by atoms with van der Waals surface area (Å²) in [6.07, 6.45) is 0. The third kappa shape index (κ3) is 0.868. The highest BCUT2D eigenvalue weighted by molar-refractivity contribution is 6.20. The van der Waals surface area contributed by atoms with Gasteiger partial charge < -0.3 is 0 Å². The molecular formula is C8H4N3O2. The van der Waals surface area contributed by atoms with Crippen molar-refractivity contribution in [1.82, 2.24) is 10.5 Å². The minimum Gasteiger partial charge on any atom is -0.267 e. The van der Waals surface area contributed by atoms with Gasteiger partial charge in [0, 0.05) is 0 Å². The molecule has 5 heteroatoms. The minimum atomic E-state index is -0.594. The number of benzene rings is 1. The van der Waals surface area contributed by atoms with Crippen LogP contribution in [-0.2, 0) is 0 Å². The Labute approximate surface area is 73.4 Å². The van der Waals surface area contributed by atoms with Gasteiger partial charge in [-0.15, -0.1) is 5.01 Å². The predicted octanol–water partition coefficient (Wildman–Crippen LogP) is 0.450. The van der Waals surface area contributed by atoms with E-state index in [2.05, 4.69) is 5.22 Å². The molecule has 1 aliphatic rings. The van der Waals surface area contributed by atoms with Gasteiger partial charge in [-0.1, -0.05) is 12.1 Å². The summed E-state index contributed by atoms with van der Waals surface area (Å²) in [5, 5.41) is 3.03. The van der Waals surface area contributed by atoms with Crippen molar-refractivity contribution in [2.24, 2.45) is 5.22 Å². The second-order valence-corrected chi connectivity index (χ2v) is 2.56. The summed E-state index contributed by atoms with van der Waals surface area (Å²) in [5.74, 6) is -1.19. The monoisotopic (exact) mass is 174 g/mol. The molecule has 0 aliphatic carbocycles. The Morgan fingerprint density at radius 2 is 1.54 bits per heavy atom. The molecule has 1 heterocycles. The van der Waals surface area contributed by atoms with Crippen molar-refractivity contribution in [2.45, 2.75) is 0 Å². The summed E-state index contributed by atoms with van der Waals surface area (Å²) < 4.78 is 0. The zero-order valence-electron chi connectivity index (χ0n) is 6.47. The summed E-state index contributed by atoms with van der Waals surface area (Å²) in [7, 11) is 0. The van der Waals surface area contributed by atoms with Crippen molar-refractivity contribution in [1.29, 1.82) is 0 Å². The fourth-order valence-electron chi connectivity index (χ4n) is 1.26. The van der Waals surface area contributed by atoms with Crippen LogP contribution in [0.15, 0.2) is 29.5 Å². The number of hydrogen-bond donors (Lipinski definition) is 0. The van der Waals surface area contributed by atoms with Gasteiger partial charge in [0.05, 0.1) is 11.1 Å². The third-order valence-electron chi connectivity index (χ3n) is 1.86. The van der Waals surface area contributed by atoms with Gasteiger partial charge in [0.2, 0.25) is 0 Å². The van der Waals surface area contributed by atoms with E-state index in [4.69, 9.17) is 5.53 Å². The molecule has 1 aromatic carbocycles. The maximum atomic E-state index is 11.3. The standard InChI is InChI=1S/C8H4N3O2/c9-10-11-7(12)5-3-1-2-4-6(5)8(11)13/h1-4H. The number of fused-ring (bicyclic) bond motifs is 1. The molecule has 2 amide bonds. The van der Waals surface area contributed by atoms with Gasteiger partial charge in [-0.25, -0.2) is 0 Å². The second-order valence-electron chi connectivity index (χ2n) is 2.56. The van der Waals surface area contributed by atoms with Gasteiger partial charge in [-0.2, -0.15) is 0 Å². The van der Waals surface area contributed by atoms with Crippen LogP contribution in [0.4, 0.5) is 0 Å². The van der Waals surface area contributed by atoms with E-state index in [0.717, 1.165) is 0 Å². The Kier molecular flexibility index (Phi) is 1.45. The highest BCUT2D eigenvalue weighted by atomic mass is 16.2. The molecule has 0 N–H and O–H groups in total. The van der Waals surface area contributed by atoms with Crippen LogP contribution in [0.2, 0.25) is 0 Å². The highest BCUT2D eigenvalue weighted by Gasteiger charge is 2.35. The average Bonchev–Trinajstić information content (AvgIpc) is 2.41. The Morgan fingerprint density at radius 3 is 1.92 bits per heavy atom. The third-order valence-corrected chi connectivity index (χ3v) is 1.86. The van der Waals surface area contributed by atoms with Crippen LogP contribution in [-0.4, -0.2) is 16.8 Å². The zero-order chi connectivity index (χ0) is 9.42. The molecule has 0 saturated carbocycles. The van der Waals surface area contributed by atoms with Crippen molar-refractivity contribution in [3.8, 4) is 0 Å². The lowest BCUT2D eigenvalue weighted by atomic mass is 10.1. The summed E-state index contributed by atoms with van der Waals surface area (Å²) in [6.45, 7) is 0. The van der Waals surface area contributed by atoms with Crippen LogP contribution < -0.4 is 5.53 Å². The molecule has 0 spiro atoms. The largest absolute Gasteiger partial charge is 0.283 e. The molecule has 1 aromatic rings. The number of amides is 2. The van der Waals surface area contributed by atoms with Crippen LogP contribution in [0.3, 0.4) is 0 Å². The molecule has 0 unspecified atom stereocenters. The number of imide groups is 1. The Hall–Kier alpha value is -2.04. The van der Waals surface area contributed by atoms with Gasteiger partial charge in [0.15, 0.2) is 0 Å². The fraction of sp³-hybridized carbons (Fsp3) is 0. The van der Waals surface area contributed by atoms with Crippen LogP contribution in [0.25, 0.3) is 0 Å². The van der Waals surface area contributed by atoms with E-state index in [9.17, 15) is 9.59 Å². The summed E-state index contributed by atoms with van der Waals surface area (Å²) in [4.78, 5) is 22.6. The first-order valence-electron chi connectivity index (χ1n) is 3.58. The van der Waals surface area contributed by atoms with Crippen molar-refractivity contribution >= 4 is 11.8 Å². The van der Waals surface area contributed by atoms with Gasteiger partial charge in [-0.05, 0) is 22.9 Å². The quantitative estimate of drug-likeness (QED) is 0.458. The van der Waals surface area contributed by atoms with Crippen molar-refractivity contribution in [3.05, 3.63) is 35.4 Å². The number of hydrogen-bond acceptors (Lipinski definition) is 3. The molecule has 13 heavy (non-hydrogen) atoms. The van der Waals surface area contributed by atoms with E-state index in [1.165, 1.54) is 12.1 Å². The Morgan fingerprint density at radius 1 is 1.08 bits per heavy atom. The molecule has 0 atom stereocenters. The van der Waals surface area contributed by atoms with E-state index in [1.54, 1.807) is 12.1 Å². The molecule has 1 aliphatic heterocycles. The first-order chi connectivity index (χ1) is 6.25. The lowest BCUT2D eigenvalue weighted by Crippen LogP contribution is -2.23. The first kappa shape index (κ1) is 7.60. The molecule has 63 valence electrons. The molecule has 0 aromatic heterocycles. The molecule has 0 fully saturated rings. The molecular weight excluding hydrogens is 170 g/mol. The number of carbonyl (C=O) groups excluding carboxylic acids is 2. The second kappa shape index (κ2) is 2.48. The van der Waals surface area contributed by atoms with E-state index in [0.29, 0.717) is 5.01 Å². The summed E-state index contributed by atoms with van der Waals surface area (Å²) in [5.41, 5.74) is 8.93. The van der Waals surface area contributed by atoms with Crippen molar-refractivity contribution in [2.75, 3.05) is 0 Å². The summed E-state index contributed by atoms with van der Waals surface area (Å²) in [6, 6.07) is 6.32. The van der Waals surface area contributed by atoms with Crippen LogP contribution in [0, 0.1) is 0 Å². The minimum absolute atomic E-state index is 0.269. The predicted molar refractivity (Wildman–Crippen MR) is 41.5 cm³/mol. The molecule has 0 saturated heterocycles. The lowest BCUT2D eigenvalue weighted by molar-refractivity contribution is 0.0646. The van der Waals surface area contributed by atoms with E-state index >= 15 is 0 Å². The van der Waals surface area contributed by atoms with Crippen LogP contribution in [0.5, 0.6) is 0 Å². The van der Waals surface area contributed by atoms with Crippen molar-refractivity contribution < 1.29 is 9.59 Å². The average molecular weight is 174 g/mol. The normalized spacial score (nSPS) is 14.6. The highest BCUT2D eigenvalue weighted by Crippen LogP contribution is 2.21. The van der Waals surface area contributed by atoms with Crippen LogP contribution >= 0.6 is 0 Å². The SMILES string of the molecule is [N]=NN1C(=O)c2ccccc2C1=O. The van der Waals surface area contributed by atoms with Gasteiger partial charge >= 0.3 is 0 Å². The molecule has 0 bridgehead atoms. The first-order valence-corrected chi connectivity index (χ1v) is 3.58. The van der Waals surface area contributed by atoms with Crippen molar-refractivity contribution in [3.63, 3.8) is 0 Å². The van der Waals surface area contributed by atoms with E-state index in [-0.39, 0.29) is 11.1 Å². The van der Waals surface area contributed by atoms with Gasteiger partial charge in [0.25, 0.3) is 11.8 Å². The Bertz CT molecular complexity index is 379.